The molecule has 6 heteroatoms. The molecule has 0 atom stereocenters. The van der Waals surface area contributed by atoms with Gasteiger partial charge in [-0.3, -0.25) is 14.2 Å². The second kappa shape index (κ2) is 7.61. The van der Waals surface area contributed by atoms with Crippen molar-refractivity contribution >= 4 is 27.3 Å². The molecule has 0 radical (unpaired) electrons. The van der Waals surface area contributed by atoms with Gasteiger partial charge in [-0.2, -0.15) is 0 Å². The molecule has 1 aliphatic carbocycles. The van der Waals surface area contributed by atoms with Crippen LogP contribution in [0.15, 0.2) is 59.4 Å². The molecule has 0 spiro atoms. The van der Waals surface area contributed by atoms with Crippen LogP contribution in [-0.4, -0.2) is 15.3 Å². The molecule has 2 aromatic carbocycles. The molecule has 4 nitrogen and oxygen atoms in total. The summed E-state index contributed by atoms with van der Waals surface area (Å²) in [5, 5.41) is 0.654. The van der Waals surface area contributed by atoms with E-state index in [1.54, 1.807) is 11.3 Å². The van der Waals surface area contributed by atoms with Crippen molar-refractivity contribution in [3.05, 3.63) is 86.8 Å². The number of benzene rings is 2. The van der Waals surface area contributed by atoms with Crippen LogP contribution in [0.3, 0.4) is 0 Å². The first kappa shape index (κ1) is 18.9. The van der Waals surface area contributed by atoms with Crippen LogP contribution >= 0.6 is 11.3 Å². The van der Waals surface area contributed by atoms with Gasteiger partial charge in [0.15, 0.2) is 5.78 Å². The Balaban J connectivity index is 1.69. The summed E-state index contributed by atoms with van der Waals surface area (Å²) >= 11 is 1.60. The zero-order valence-electron chi connectivity index (χ0n) is 16.2. The van der Waals surface area contributed by atoms with Crippen LogP contribution in [0.4, 0.5) is 4.39 Å². The third-order valence-electron chi connectivity index (χ3n) is 5.57. The molecule has 0 fully saturated rings. The summed E-state index contributed by atoms with van der Waals surface area (Å²) in [7, 11) is 0. The molecule has 0 bridgehead atoms. The van der Waals surface area contributed by atoms with E-state index in [9.17, 15) is 14.0 Å². The third kappa shape index (κ3) is 3.27. The average Bonchev–Trinajstić information content (AvgIpc) is 3.15. The topological polar surface area (TPSA) is 52.0 Å². The molecule has 5 rings (SSSR count). The monoisotopic (exact) mass is 418 g/mol. The van der Waals surface area contributed by atoms with Crippen molar-refractivity contribution in [2.75, 3.05) is 0 Å². The molecular formula is C24H19FN2O2S. The first-order valence-electron chi connectivity index (χ1n) is 10.0. The number of thiophene rings is 1. The first-order chi connectivity index (χ1) is 14.6. The van der Waals surface area contributed by atoms with Crippen molar-refractivity contribution in [3.8, 4) is 11.4 Å². The molecule has 0 N–H and O–H groups in total. The van der Waals surface area contributed by atoms with Gasteiger partial charge in [0.1, 0.15) is 16.5 Å². The Hall–Kier alpha value is -3.12. The highest BCUT2D eigenvalue weighted by molar-refractivity contribution is 7.18. The number of nitrogens with zero attached hydrogens (tertiary/aromatic N) is 2. The van der Waals surface area contributed by atoms with Crippen molar-refractivity contribution in [2.24, 2.45) is 0 Å². The van der Waals surface area contributed by atoms with E-state index < -0.39 is 5.82 Å². The summed E-state index contributed by atoms with van der Waals surface area (Å²) in [6.45, 7) is -0.137. The summed E-state index contributed by atoms with van der Waals surface area (Å²) in [5.41, 5.74) is 2.08. The van der Waals surface area contributed by atoms with E-state index in [0.29, 0.717) is 16.8 Å². The van der Waals surface area contributed by atoms with Crippen LogP contribution in [0.1, 0.15) is 33.6 Å². The molecule has 0 unspecified atom stereocenters. The quantitative estimate of drug-likeness (QED) is 0.437. The maximum absolute atomic E-state index is 13.6. The average molecular weight is 418 g/mol. The lowest BCUT2D eigenvalue weighted by atomic mass is 9.97. The number of carbonyl (C=O) groups excluding carboxylic acids is 1. The van der Waals surface area contributed by atoms with E-state index in [0.717, 1.165) is 41.6 Å². The predicted octanol–water partition coefficient (Wildman–Crippen LogP) is 5.03. The molecule has 2 heterocycles. The second-order valence-electron chi connectivity index (χ2n) is 7.51. The van der Waals surface area contributed by atoms with Gasteiger partial charge in [0, 0.05) is 16.0 Å². The Morgan fingerprint density at radius 1 is 1.03 bits per heavy atom. The van der Waals surface area contributed by atoms with E-state index in [4.69, 9.17) is 4.98 Å². The normalized spacial score (nSPS) is 13.4. The van der Waals surface area contributed by atoms with Gasteiger partial charge in [0.05, 0.1) is 11.9 Å². The van der Waals surface area contributed by atoms with Gasteiger partial charge in [-0.25, -0.2) is 9.37 Å². The Morgan fingerprint density at radius 3 is 2.53 bits per heavy atom. The summed E-state index contributed by atoms with van der Waals surface area (Å²) < 4.78 is 14.7. The van der Waals surface area contributed by atoms with Gasteiger partial charge in [0.25, 0.3) is 5.56 Å². The molecule has 0 aliphatic heterocycles. The summed E-state index contributed by atoms with van der Waals surface area (Å²) in [5.74, 6) is -0.164. The number of rotatable bonds is 4. The fourth-order valence-corrected chi connectivity index (χ4v) is 5.32. The zero-order valence-corrected chi connectivity index (χ0v) is 17.0. The van der Waals surface area contributed by atoms with Gasteiger partial charge >= 0.3 is 0 Å². The smallest absolute Gasteiger partial charge is 0.263 e. The van der Waals surface area contributed by atoms with Gasteiger partial charge < -0.3 is 0 Å². The van der Waals surface area contributed by atoms with Crippen LogP contribution in [0, 0.1) is 5.82 Å². The number of hydrogen-bond acceptors (Lipinski definition) is 4. The van der Waals surface area contributed by atoms with Crippen LogP contribution < -0.4 is 5.56 Å². The molecular weight excluding hydrogens is 399 g/mol. The van der Waals surface area contributed by atoms with Crippen LogP contribution in [0.2, 0.25) is 0 Å². The molecule has 4 aromatic rings. The lowest BCUT2D eigenvalue weighted by molar-refractivity contribution is 0.0971. The molecule has 0 amide bonds. The van der Waals surface area contributed by atoms with Crippen molar-refractivity contribution < 1.29 is 9.18 Å². The number of fused-ring (bicyclic) bond motifs is 3. The third-order valence-corrected chi connectivity index (χ3v) is 6.76. The summed E-state index contributed by atoms with van der Waals surface area (Å²) in [6, 6.07) is 14.9. The highest BCUT2D eigenvalue weighted by atomic mass is 32.1. The van der Waals surface area contributed by atoms with E-state index in [1.807, 2.05) is 30.3 Å². The Morgan fingerprint density at radius 2 is 1.77 bits per heavy atom. The zero-order chi connectivity index (χ0) is 20.7. The number of hydrogen-bond donors (Lipinski definition) is 0. The van der Waals surface area contributed by atoms with E-state index in [-0.39, 0.29) is 17.9 Å². The van der Waals surface area contributed by atoms with Gasteiger partial charge in [-0.15, -0.1) is 11.3 Å². The van der Waals surface area contributed by atoms with Gasteiger partial charge in [0.2, 0.25) is 0 Å². The van der Waals surface area contributed by atoms with Gasteiger partial charge in [-0.1, -0.05) is 30.3 Å². The minimum Gasteiger partial charge on any atom is -0.292 e. The highest BCUT2D eigenvalue weighted by Gasteiger charge is 2.23. The number of ketones is 1. The number of Topliss-reactive ketones (excluding diaryl/α,β-unsaturated/α-hetero) is 1. The minimum absolute atomic E-state index is 0.137. The van der Waals surface area contributed by atoms with Crippen molar-refractivity contribution in [3.63, 3.8) is 0 Å². The molecule has 1 aliphatic rings. The molecule has 2 aromatic heterocycles. The maximum atomic E-state index is 13.6. The van der Waals surface area contributed by atoms with Crippen molar-refractivity contribution in [2.45, 2.75) is 32.2 Å². The predicted molar refractivity (Wildman–Crippen MR) is 117 cm³/mol. The number of halogens is 1. The SMILES string of the molecule is O=C(Cn1c(-c2ccccc2)nc2sc3c(c2c1=O)CCCC3)c1ccc(F)cc1. The Kier molecular flexibility index (Phi) is 4.79. The highest BCUT2D eigenvalue weighted by Crippen LogP contribution is 2.34. The fraction of sp³-hybridized carbons (Fsp3) is 0.208. The Bertz CT molecular complexity index is 1310. The molecule has 150 valence electrons. The second-order valence-corrected chi connectivity index (χ2v) is 8.60. The maximum Gasteiger partial charge on any atom is 0.263 e. The Labute approximate surface area is 176 Å². The standard InChI is InChI=1S/C24H19FN2O2S/c25-17-12-10-15(11-13-17)19(28)14-27-22(16-6-2-1-3-7-16)26-23-21(24(27)29)18-8-4-5-9-20(18)30-23/h1-3,6-7,10-13H,4-5,8-9,14H2. The number of aromatic nitrogens is 2. The van der Waals surface area contributed by atoms with Crippen LogP contribution in [-0.2, 0) is 19.4 Å². The lowest BCUT2D eigenvalue weighted by Crippen LogP contribution is -2.27. The first-order valence-corrected chi connectivity index (χ1v) is 10.8. The summed E-state index contributed by atoms with van der Waals surface area (Å²) in [4.78, 5) is 33.3. The van der Waals surface area contributed by atoms with E-state index in [1.165, 1.54) is 33.7 Å². The van der Waals surface area contributed by atoms with E-state index >= 15 is 0 Å². The fourth-order valence-electron chi connectivity index (χ4n) is 4.06. The van der Waals surface area contributed by atoms with Crippen molar-refractivity contribution in [1.82, 2.24) is 9.55 Å². The largest absolute Gasteiger partial charge is 0.292 e. The molecule has 0 saturated carbocycles. The lowest BCUT2D eigenvalue weighted by Gasteiger charge is -2.14. The number of carbonyl (C=O) groups is 1. The van der Waals surface area contributed by atoms with Crippen LogP contribution in [0.25, 0.3) is 21.6 Å². The van der Waals surface area contributed by atoms with Gasteiger partial charge in [-0.05, 0) is 55.5 Å². The van der Waals surface area contributed by atoms with Crippen LogP contribution in [0.5, 0.6) is 0 Å². The summed E-state index contributed by atoms with van der Waals surface area (Å²) in [6.07, 6.45) is 4.05. The van der Waals surface area contributed by atoms with E-state index in [2.05, 4.69) is 0 Å². The molecule has 30 heavy (non-hydrogen) atoms. The molecule has 0 saturated heterocycles. The van der Waals surface area contributed by atoms with Crippen molar-refractivity contribution in [1.29, 1.82) is 0 Å². The number of aryl methyl sites for hydroxylation is 2. The minimum atomic E-state index is -0.401.